The van der Waals surface area contributed by atoms with Crippen molar-refractivity contribution in [1.29, 1.82) is 0 Å². The lowest BCUT2D eigenvalue weighted by Crippen LogP contribution is -2.02. The number of benzene rings is 8. The largest absolute Gasteiger partial charge is 0.0619 e. The fourth-order valence-corrected chi connectivity index (χ4v) is 8.70. The van der Waals surface area contributed by atoms with Gasteiger partial charge in [0, 0.05) is 0 Å². The minimum atomic E-state index is 0.968. The van der Waals surface area contributed by atoms with Gasteiger partial charge in [-0.1, -0.05) is 158 Å². The molecule has 0 unspecified atom stereocenters. The predicted octanol–water partition coefficient (Wildman–Crippen LogP) is 12.3. The van der Waals surface area contributed by atoms with E-state index < -0.39 is 0 Å². The summed E-state index contributed by atoms with van der Waals surface area (Å²) in [6.07, 6.45) is 4.05. The molecule has 0 aromatic heterocycles. The summed E-state index contributed by atoms with van der Waals surface area (Å²) >= 11 is 0. The van der Waals surface area contributed by atoms with E-state index in [9.17, 15) is 0 Å². The van der Waals surface area contributed by atoms with Crippen LogP contribution in [0.1, 0.15) is 33.4 Å². The highest BCUT2D eigenvalue weighted by molar-refractivity contribution is 6.00. The smallest absolute Gasteiger partial charge is 0.00103 e. The van der Waals surface area contributed by atoms with Crippen LogP contribution in [0, 0.1) is 0 Å². The van der Waals surface area contributed by atoms with Crippen LogP contribution in [0.15, 0.2) is 158 Å². The van der Waals surface area contributed by atoms with E-state index in [0.717, 1.165) is 25.7 Å². The Hall–Kier alpha value is -5.72. The minimum absolute atomic E-state index is 0.968. The van der Waals surface area contributed by atoms with E-state index in [1.165, 1.54) is 99.4 Å². The normalized spacial score (nSPS) is 12.6. The second-order valence-corrected chi connectivity index (χ2v) is 13.5. The van der Waals surface area contributed by atoms with Gasteiger partial charge in [0.1, 0.15) is 0 Å². The Morgan fingerprint density at radius 3 is 1.77 bits per heavy atom. The molecular weight excluding hydrogens is 577 g/mol. The third kappa shape index (κ3) is 4.30. The van der Waals surface area contributed by atoms with Gasteiger partial charge in [0.05, 0.1) is 0 Å². The van der Waals surface area contributed by atoms with E-state index in [0.29, 0.717) is 0 Å². The molecule has 0 amide bonds. The van der Waals surface area contributed by atoms with Gasteiger partial charge in [-0.3, -0.25) is 0 Å². The predicted molar refractivity (Wildman–Crippen MR) is 203 cm³/mol. The van der Waals surface area contributed by atoms with Crippen LogP contribution in [-0.4, -0.2) is 0 Å². The average molecular weight is 611 g/mol. The fraction of sp³-hybridized carbons (Fsp3) is 0.0833. The molecule has 8 aromatic carbocycles. The summed E-state index contributed by atoms with van der Waals surface area (Å²) < 4.78 is 0. The second-order valence-electron chi connectivity index (χ2n) is 13.5. The topological polar surface area (TPSA) is 0 Å². The van der Waals surface area contributed by atoms with Crippen molar-refractivity contribution in [3.05, 3.63) is 191 Å². The van der Waals surface area contributed by atoms with Crippen LogP contribution in [0.3, 0.4) is 0 Å². The van der Waals surface area contributed by atoms with Crippen LogP contribution in [0.4, 0.5) is 0 Å². The van der Waals surface area contributed by atoms with Crippen LogP contribution in [-0.2, 0) is 25.7 Å². The van der Waals surface area contributed by atoms with E-state index in [4.69, 9.17) is 0 Å². The van der Waals surface area contributed by atoms with Crippen LogP contribution in [0.2, 0.25) is 0 Å². The quantitative estimate of drug-likeness (QED) is 0.182. The Labute approximate surface area is 282 Å². The van der Waals surface area contributed by atoms with Crippen molar-refractivity contribution in [3.8, 4) is 44.5 Å². The molecule has 2 aliphatic carbocycles. The van der Waals surface area contributed by atoms with Crippen molar-refractivity contribution >= 4 is 21.5 Å². The molecule has 0 bridgehead atoms. The van der Waals surface area contributed by atoms with Crippen LogP contribution in [0.5, 0.6) is 0 Å². The standard InChI is InChI=1S/C48H34/c1-4-16-37-31(10-1)13-7-19-39(37)35-23-24-41-36(28-35)30-48-44(41)26-27-45(42-20-8-14-32-11-2-5-17-38(32)42)46(48)25-22-33-15-9-21-43-40-18-6-3-12-34(40)29-47(33)43/h1-21,23-24,26-28H,22,25,29-30H2. The lowest BCUT2D eigenvalue weighted by molar-refractivity contribution is 0.931. The Kier molecular flexibility index (Phi) is 6.24. The van der Waals surface area contributed by atoms with Gasteiger partial charge >= 0.3 is 0 Å². The molecule has 0 saturated carbocycles. The highest BCUT2D eigenvalue weighted by Gasteiger charge is 2.26. The van der Waals surface area contributed by atoms with Gasteiger partial charge in [-0.25, -0.2) is 0 Å². The Balaban J connectivity index is 1.09. The molecular formula is C48H34. The number of rotatable bonds is 5. The maximum atomic E-state index is 2.46. The summed E-state index contributed by atoms with van der Waals surface area (Å²) in [4.78, 5) is 0. The van der Waals surface area contributed by atoms with Crippen molar-refractivity contribution in [3.63, 3.8) is 0 Å². The molecule has 0 aliphatic heterocycles. The number of fused-ring (bicyclic) bond motifs is 8. The molecule has 0 spiro atoms. The third-order valence-electron chi connectivity index (χ3n) is 11.0. The molecule has 0 nitrogen and oxygen atoms in total. The minimum Gasteiger partial charge on any atom is -0.0619 e. The zero-order valence-corrected chi connectivity index (χ0v) is 26.8. The molecule has 0 heteroatoms. The first-order valence-electron chi connectivity index (χ1n) is 17.2. The summed E-state index contributed by atoms with van der Waals surface area (Å²) in [5, 5.41) is 5.22. The lowest BCUT2D eigenvalue weighted by atomic mass is 9.86. The molecule has 0 fully saturated rings. The first-order valence-corrected chi connectivity index (χ1v) is 17.2. The summed E-state index contributed by atoms with van der Waals surface area (Å²) in [5.74, 6) is 0. The number of hydrogen-bond donors (Lipinski definition) is 0. The number of hydrogen-bond acceptors (Lipinski definition) is 0. The van der Waals surface area contributed by atoms with Gasteiger partial charge in [0.15, 0.2) is 0 Å². The first-order chi connectivity index (χ1) is 23.8. The molecule has 0 N–H and O–H groups in total. The fourth-order valence-electron chi connectivity index (χ4n) is 8.70. The molecule has 8 aromatic rings. The van der Waals surface area contributed by atoms with E-state index >= 15 is 0 Å². The first kappa shape index (κ1) is 27.4. The lowest BCUT2D eigenvalue weighted by Gasteiger charge is -2.18. The molecule has 0 saturated heterocycles. The summed E-state index contributed by atoms with van der Waals surface area (Å²) in [6, 6.07) is 58.9. The van der Waals surface area contributed by atoms with Crippen LogP contribution < -0.4 is 0 Å². The highest BCUT2D eigenvalue weighted by atomic mass is 14.3. The van der Waals surface area contributed by atoms with Gasteiger partial charge in [0.2, 0.25) is 0 Å². The highest BCUT2D eigenvalue weighted by Crippen LogP contribution is 2.45. The maximum Gasteiger partial charge on any atom is -0.00103 e. The van der Waals surface area contributed by atoms with E-state index in [1.54, 1.807) is 0 Å². The molecule has 2 aliphatic rings. The van der Waals surface area contributed by atoms with Crippen molar-refractivity contribution in [2.75, 3.05) is 0 Å². The summed E-state index contributed by atoms with van der Waals surface area (Å²) in [6.45, 7) is 0. The molecule has 0 radical (unpaired) electrons. The Morgan fingerprint density at radius 1 is 0.354 bits per heavy atom. The molecule has 0 heterocycles. The molecule has 48 heavy (non-hydrogen) atoms. The van der Waals surface area contributed by atoms with Gasteiger partial charge in [-0.2, -0.15) is 0 Å². The number of aryl methyl sites for hydroxylation is 1. The molecule has 0 atom stereocenters. The third-order valence-corrected chi connectivity index (χ3v) is 11.0. The van der Waals surface area contributed by atoms with Crippen molar-refractivity contribution in [2.24, 2.45) is 0 Å². The van der Waals surface area contributed by atoms with Crippen molar-refractivity contribution in [1.82, 2.24) is 0 Å². The monoisotopic (exact) mass is 610 g/mol. The van der Waals surface area contributed by atoms with E-state index in [2.05, 4.69) is 158 Å². The van der Waals surface area contributed by atoms with E-state index in [1.807, 2.05) is 0 Å². The van der Waals surface area contributed by atoms with Crippen molar-refractivity contribution < 1.29 is 0 Å². The molecule has 226 valence electrons. The van der Waals surface area contributed by atoms with Crippen LogP contribution >= 0.6 is 0 Å². The SMILES string of the molecule is c1ccc2c(c1)Cc1c(CCc3c(-c4cccc5ccccc45)ccc4c3Cc3cc(-c5cccc6ccccc56)ccc3-4)cccc1-2. The second kappa shape index (κ2) is 10.9. The van der Waals surface area contributed by atoms with Gasteiger partial charge in [0.25, 0.3) is 0 Å². The summed E-state index contributed by atoms with van der Waals surface area (Å²) in [5.41, 5.74) is 19.8. The molecule has 10 rings (SSSR count). The zero-order valence-electron chi connectivity index (χ0n) is 26.8. The van der Waals surface area contributed by atoms with Gasteiger partial charge in [-0.05, 0) is 125 Å². The van der Waals surface area contributed by atoms with Crippen molar-refractivity contribution in [2.45, 2.75) is 25.7 Å². The maximum absolute atomic E-state index is 2.46. The van der Waals surface area contributed by atoms with E-state index in [-0.39, 0.29) is 0 Å². The van der Waals surface area contributed by atoms with Gasteiger partial charge < -0.3 is 0 Å². The van der Waals surface area contributed by atoms with Crippen LogP contribution in [0.25, 0.3) is 66.1 Å². The zero-order chi connectivity index (χ0) is 31.6. The summed E-state index contributed by atoms with van der Waals surface area (Å²) in [7, 11) is 0. The van der Waals surface area contributed by atoms with Gasteiger partial charge in [-0.15, -0.1) is 0 Å². The Bertz CT molecular complexity index is 2550. The Morgan fingerprint density at radius 2 is 0.917 bits per heavy atom. The average Bonchev–Trinajstić information content (AvgIpc) is 3.72.